The normalized spacial score (nSPS) is 10.4. The summed E-state index contributed by atoms with van der Waals surface area (Å²) in [6, 6.07) is 16.1. The van der Waals surface area contributed by atoms with Crippen molar-refractivity contribution in [2.24, 2.45) is 0 Å². The van der Waals surface area contributed by atoms with Gasteiger partial charge >= 0.3 is 0 Å². The first-order valence-electron chi connectivity index (χ1n) is 8.84. The van der Waals surface area contributed by atoms with E-state index in [1.165, 1.54) is 12.1 Å². The maximum Gasteiger partial charge on any atom is 0.203 e. The van der Waals surface area contributed by atoms with Crippen LogP contribution in [0.2, 0.25) is 0 Å². The lowest BCUT2D eigenvalue weighted by atomic mass is 10.1. The summed E-state index contributed by atoms with van der Waals surface area (Å²) >= 11 is 0. The number of benzene rings is 2. The lowest BCUT2D eigenvalue weighted by molar-refractivity contribution is 0.323. The number of hydrogen-bond acceptors (Lipinski definition) is 5. The lowest BCUT2D eigenvalue weighted by Gasteiger charge is -2.25. The Labute approximate surface area is 164 Å². The number of nitrogens with zero attached hydrogens (tertiary/aromatic N) is 2. The number of hydrogen-bond donors (Lipinski definition) is 0. The molecule has 0 fully saturated rings. The molecule has 0 unspecified atom stereocenters. The van der Waals surface area contributed by atoms with Gasteiger partial charge in [0, 0.05) is 19.3 Å². The van der Waals surface area contributed by atoms with Crippen LogP contribution in [0, 0.1) is 5.82 Å². The summed E-state index contributed by atoms with van der Waals surface area (Å²) in [5, 5.41) is 0. The summed E-state index contributed by atoms with van der Waals surface area (Å²) < 4.78 is 29.6. The highest BCUT2D eigenvalue weighted by Gasteiger charge is 2.16. The summed E-state index contributed by atoms with van der Waals surface area (Å²) in [4.78, 5) is 6.58. The van der Waals surface area contributed by atoms with Crippen LogP contribution < -0.4 is 19.1 Å². The number of aromatic nitrogens is 1. The third kappa shape index (κ3) is 4.52. The maximum atomic E-state index is 13.3. The fraction of sp³-hybridized carbons (Fsp3) is 0.227. The SMILES string of the molecule is COc1cc(CN(Cc2ccc(F)cc2)c2ccccn2)cc(OC)c1OC. The van der Waals surface area contributed by atoms with E-state index in [1.54, 1.807) is 39.7 Å². The number of pyridine rings is 1. The zero-order valence-corrected chi connectivity index (χ0v) is 16.2. The van der Waals surface area contributed by atoms with Gasteiger partial charge in [0.05, 0.1) is 21.3 Å². The second-order valence-electron chi connectivity index (χ2n) is 6.20. The highest BCUT2D eigenvalue weighted by Crippen LogP contribution is 2.38. The third-order valence-electron chi connectivity index (χ3n) is 4.36. The topological polar surface area (TPSA) is 43.8 Å². The molecule has 1 aromatic heterocycles. The molecule has 0 bridgehead atoms. The van der Waals surface area contributed by atoms with Crippen LogP contribution in [0.3, 0.4) is 0 Å². The van der Waals surface area contributed by atoms with Crippen molar-refractivity contribution in [1.82, 2.24) is 4.98 Å². The molecule has 0 saturated heterocycles. The molecule has 0 aliphatic heterocycles. The van der Waals surface area contributed by atoms with E-state index < -0.39 is 0 Å². The zero-order chi connectivity index (χ0) is 19.9. The second kappa shape index (κ2) is 9.08. The molecule has 0 aliphatic rings. The second-order valence-corrected chi connectivity index (χ2v) is 6.20. The number of ether oxygens (including phenoxy) is 3. The van der Waals surface area contributed by atoms with Gasteiger partial charge in [-0.1, -0.05) is 18.2 Å². The Morgan fingerprint density at radius 1 is 0.821 bits per heavy atom. The molecule has 28 heavy (non-hydrogen) atoms. The van der Waals surface area contributed by atoms with E-state index in [9.17, 15) is 4.39 Å². The molecular weight excluding hydrogens is 359 g/mol. The van der Waals surface area contributed by atoms with Gasteiger partial charge in [-0.05, 0) is 47.5 Å². The molecule has 0 amide bonds. The summed E-state index contributed by atoms with van der Waals surface area (Å²) in [5.41, 5.74) is 1.96. The average molecular weight is 382 g/mol. The van der Waals surface area contributed by atoms with E-state index in [0.717, 1.165) is 16.9 Å². The molecule has 1 heterocycles. The maximum absolute atomic E-state index is 13.3. The molecule has 0 N–H and O–H groups in total. The summed E-state index contributed by atoms with van der Waals surface area (Å²) in [6.45, 7) is 1.14. The Kier molecular flexibility index (Phi) is 6.32. The predicted octanol–water partition coefficient (Wildman–Crippen LogP) is 4.45. The van der Waals surface area contributed by atoms with E-state index in [1.807, 2.05) is 30.3 Å². The van der Waals surface area contributed by atoms with Crippen LogP contribution in [0.4, 0.5) is 10.2 Å². The minimum atomic E-state index is -0.252. The van der Waals surface area contributed by atoms with Crippen molar-refractivity contribution in [2.75, 3.05) is 26.2 Å². The standard InChI is InChI=1S/C22H23FN2O3/c1-26-19-12-17(13-20(27-2)22(19)28-3)15-25(21-6-4-5-11-24-21)14-16-7-9-18(23)10-8-16/h4-13H,14-15H2,1-3H3. The Hall–Kier alpha value is -3.28. The van der Waals surface area contributed by atoms with Crippen molar-refractivity contribution < 1.29 is 18.6 Å². The van der Waals surface area contributed by atoms with Crippen molar-refractivity contribution in [3.8, 4) is 17.2 Å². The van der Waals surface area contributed by atoms with Crippen molar-refractivity contribution in [3.63, 3.8) is 0 Å². The van der Waals surface area contributed by atoms with E-state index >= 15 is 0 Å². The van der Waals surface area contributed by atoms with E-state index in [-0.39, 0.29) is 5.82 Å². The largest absolute Gasteiger partial charge is 0.493 e. The molecular formula is C22H23FN2O3. The monoisotopic (exact) mass is 382 g/mol. The molecule has 0 radical (unpaired) electrons. The van der Waals surface area contributed by atoms with Crippen LogP contribution in [0.15, 0.2) is 60.8 Å². The molecule has 0 saturated carbocycles. The van der Waals surface area contributed by atoms with E-state index in [4.69, 9.17) is 14.2 Å². The fourth-order valence-electron chi connectivity index (χ4n) is 3.02. The first-order valence-corrected chi connectivity index (χ1v) is 8.84. The van der Waals surface area contributed by atoms with Crippen LogP contribution >= 0.6 is 0 Å². The molecule has 3 aromatic rings. The van der Waals surface area contributed by atoms with Crippen molar-refractivity contribution in [1.29, 1.82) is 0 Å². The van der Waals surface area contributed by atoms with Crippen molar-refractivity contribution >= 4 is 5.82 Å². The molecule has 2 aromatic carbocycles. The number of rotatable bonds is 8. The van der Waals surface area contributed by atoms with Crippen molar-refractivity contribution in [2.45, 2.75) is 13.1 Å². The van der Waals surface area contributed by atoms with Crippen LogP contribution in [-0.2, 0) is 13.1 Å². The van der Waals surface area contributed by atoms with Gasteiger partial charge in [-0.25, -0.2) is 9.37 Å². The average Bonchev–Trinajstić information content (AvgIpc) is 2.74. The van der Waals surface area contributed by atoms with Gasteiger partial charge in [0.25, 0.3) is 0 Å². The van der Waals surface area contributed by atoms with Crippen LogP contribution in [0.5, 0.6) is 17.2 Å². The summed E-state index contributed by atoms with van der Waals surface area (Å²) in [5.74, 6) is 2.31. The molecule has 0 atom stereocenters. The van der Waals surface area contributed by atoms with Crippen LogP contribution in [0.1, 0.15) is 11.1 Å². The Bertz CT molecular complexity index is 876. The smallest absolute Gasteiger partial charge is 0.203 e. The van der Waals surface area contributed by atoms with Gasteiger partial charge in [0.1, 0.15) is 11.6 Å². The summed E-state index contributed by atoms with van der Waals surface area (Å²) in [6.07, 6.45) is 1.75. The molecule has 3 rings (SSSR count). The molecule has 6 heteroatoms. The fourth-order valence-corrected chi connectivity index (χ4v) is 3.02. The molecule has 0 aliphatic carbocycles. The molecule has 5 nitrogen and oxygen atoms in total. The van der Waals surface area contributed by atoms with E-state index in [0.29, 0.717) is 30.3 Å². The highest BCUT2D eigenvalue weighted by atomic mass is 19.1. The van der Waals surface area contributed by atoms with Gasteiger partial charge in [-0.2, -0.15) is 0 Å². The highest BCUT2D eigenvalue weighted by molar-refractivity contribution is 5.54. The van der Waals surface area contributed by atoms with Gasteiger partial charge in [-0.15, -0.1) is 0 Å². The van der Waals surface area contributed by atoms with E-state index in [2.05, 4.69) is 9.88 Å². The Morgan fingerprint density at radius 3 is 2.00 bits per heavy atom. The third-order valence-corrected chi connectivity index (χ3v) is 4.36. The van der Waals surface area contributed by atoms with Crippen LogP contribution in [0.25, 0.3) is 0 Å². The Morgan fingerprint density at radius 2 is 1.46 bits per heavy atom. The lowest BCUT2D eigenvalue weighted by Crippen LogP contribution is -2.23. The zero-order valence-electron chi connectivity index (χ0n) is 16.2. The minimum Gasteiger partial charge on any atom is -0.493 e. The van der Waals surface area contributed by atoms with Gasteiger partial charge in [0.15, 0.2) is 11.5 Å². The molecule has 0 spiro atoms. The number of halogens is 1. The first-order chi connectivity index (χ1) is 13.6. The Balaban J connectivity index is 1.94. The van der Waals surface area contributed by atoms with Gasteiger partial charge in [-0.3, -0.25) is 0 Å². The molecule has 146 valence electrons. The number of anilines is 1. The van der Waals surface area contributed by atoms with Gasteiger partial charge < -0.3 is 19.1 Å². The minimum absolute atomic E-state index is 0.252. The van der Waals surface area contributed by atoms with Gasteiger partial charge in [0.2, 0.25) is 5.75 Å². The first kappa shape index (κ1) is 19.5. The summed E-state index contributed by atoms with van der Waals surface area (Å²) in [7, 11) is 4.76. The van der Waals surface area contributed by atoms with Crippen LogP contribution in [-0.4, -0.2) is 26.3 Å². The number of methoxy groups -OCH3 is 3. The quantitative estimate of drug-likeness (QED) is 0.576. The predicted molar refractivity (Wildman–Crippen MR) is 107 cm³/mol. The van der Waals surface area contributed by atoms with Crippen molar-refractivity contribution in [3.05, 3.63) is 77.7 Å².